The molecule has 0 fully saturated rings. The maximum atomic E-state index is 11.4. The van der Waals surface area contributed by atoms with E-state index in [0.717, 1.165) is 0 Å². The summed E-state index contributed by atoms with van der Waals surface area (Å²) in [5, 5.41) is 0. The molecule has 10 heavy (non-hydrogen) atoms. The first kappa shape index (κ1) is 9.07. The molecule has 0 heterocycles. The first-order valence-corrected chi connectivity index (χ1v) is 2.98. The van der Waals surface area contributed by atoms with Crippen LogP contribution in [0, 0.1) is 0 Å². The zero-order valence-electron chi connectivity index (χ0n) is 5.72. The predicted octanol–water partition coefficient (Wildman–Crippen LogP) is 0.478. The molecule has 0 aliphatic carbocycles. The second kappa shape index (κ2) is 4.90. The quantitative estimate of drug-likeness (QED) is 0.430. The van der Waals surface area contributed by atoms with Crippen LogP contribution in [0.25, 0.3) is 0 Å². The van der Waals surface area contributed by atoms with Gasteiger partial charge in [0.1, 0.15) is 0 Å². The maximum absolute atomic E-state index is 11.4. The van der Waals surface area contributed by atoms with E-state index in [1.807, 2.05) is 0 Å². The zero-order chi connectivity index (χ0) is 7.98. The number of halogens is 1. The lowest BCUT2D eigenvalue weighted by Crippen LogP contribution is -2.19. The van der Waals surface area contributed by atoms with Crippen LogP contribution in [0.4, 0.5) is 4.39 Å². The van der Waals surface area contributed by atoms with Crippen molar-refractivity contribution in [3.05, 3.63) is 0 Å². The summed E-state index contributed by atoms with van der Waals surface area (Å²) in [6.07, 6.45) is 0.630. The van der Waals surface area contributed by atoms with E-state index in [2.05, 4.69) is 4.74 Å². The minimum atomic E-state index is -1.28. The molecule has 0 aromatic heterocycles. The van der Waals surface area contributed by atoms with E-state index < -0.39 is 18.4 Å². The van der Waals surface area contributed by atoms with E-state index in [9.17, 15) is 14.0 Å². The van der Waals surface area contributed by atoms with Crippen molar-refractivity contribution in [2.45, 2.75) is 13.3 Å². The van der Waals surface area contributed by atoms with E-state index >= 15 is 0 Å². The highest BCUT2D eigenvalue weighted by molar-refractivity contribution is 6.34. The van der Waals surface area contributed by atoms with Crippen LogP contribution in [0.1, 0.15) is 13.3 Å². The average molecular weight is 148 g/mol. The molecule has 0 atom stereocenters. The third-order valence-corrected chi connectivity index (χ3v) is 0.786. The molecule has 0 saturated heterocycles. The van der Waals surface area contributed by atoms with Gasteiger partial charge in [0.2, 0.25) is 0 Å². The fourth-order valence-electron chi connectivity index (χ4n) is 0.330. The Morgan fingerprint density at radius 2 is 2.10 bits per heavy atom. The average Bonchev–Trinajstić information content (AvgIpc) is 1.98. The molecule has 0 rings (SSSR count). The molecule has 0 radical (unpaired) electrons. The van der Waals surface area contributed by atoms with E-state index in [1.54, 1.807) is 6.92 Å². The van der Waals surface area contributed by atoms with Crippen LogP contribution >= 0.6 is 0 Å². The normalized spacial score (nSPS) is 9.00. The van der Waals surface area contributed by atoms with Gasteiger partial charge in [0.15, 0.2) is 6.67 Å². The summed E-state index contributed by atoms with van der Waals surface area (Å²) in [4.78, 5) is 20.5. The molecule has 0 aliphatic rings. The second-order valence-corrected chi connectivity index (χ2v) is 1.69. The fourth-order valence-corrected chi connectivity index (χ4v) is 0.330. The van der Waals surface area contributed by atoms with Crippen molar-refractivity contribution in [3.63, 3.8) is 0 Å². The van der Waals surface area contributed by atoms with Crippen molar-refractivity contribution in [3.8, 4) is 0 Å². The Morgan fingerprint density at radius 1 is 1.50 bits per heavy atom. The van der Waals surface area contributed by atoms with E-state index in [0.29, 0.717) is 6.42 Å². The van der Waals surface area contributed by atoms with E-state index in [1.165, 1.54) is 0 Å². The van der Waals surface area contributed by atoms with Gasteiger partial charge in [-0.25, -0.2) is 9.18 Å². The number of rotatable bonds is 4. The number of esters is 1. The van der Waals surface area contributed by atoms with Crippen LogP contribution in [0.3, 0.4) is 0 Å². The van der Waals surface area contributed by atoms with Crippen molar-refractivity contribution in [1.82, 2.24) is 0 Å². The van der Waals surface area contributed by atoms with Crippen molar-refractivity contribution >= 4 is 11.8 Å². The lowest BCUT2D eigenvalue weighted by Gasteiger charge is -1.97. The number of ether oxygens (including phenoxy) is 1. The fraction of sp³-hybridized carbons (Fsp3) is 0.667. The minimum Gasteiger partial charge on any atom is -0.460 e. The Hall–Kier alpha value is -0.930. The van der Waals surface area contributed by atoms with Crippen molar-refractivity contribution in [2.75, 3.05) is 13.3 Å². The lowest BCUT2D eigenvalue weighted by atomic mass is 10.4. The van der Waals surface area contributed by atoms with Gasteiger partial charge in [0.05, 0.1) is 6.61 Å². The monoisotopic (exact) mass is 148 g/mol. The number of Topliss-reactive ketones (excluding diaryl/α,β-unsaturated/α-hetero) is 1. The molecule has 0 unspecified atom stereocenters. The molecule has 0 saturated carbocycles. The van der Waals surface area contributed by atoms with Crippen LogP contribution < -0.4 is 0 Å². The molecular formula is C6H9FO3. The summed E-state index contributed by atoms with van der Waals surface area (Å²) in [5.41, 5.74) is 0. The Balaban J connectivity index is 3.52. The number of hydrogen-bond donors (Lipinski definition) is 0. The number of carbonyl (C=O) groups excluding carboxylic acids is 2. The summed E-state index contributed by atoms with van der Waals surface area (Å²) in [6, 6.07) is 0. The molecule has 0 spiro atoms. The van der Waals surface area contributed by atoms with Gasteiger partial charge in [-0.3, -0.25) is 4.79 Å². The third-order valence-electron chi connectivity index (χ3n) is 0.786. The number of ketones is 1. The van der Waals surface area contributed by atoms with Gasteiger partial charge in [0.25, 0.3) is 5.78 Å². The van der Waals surface area contributed by atoms with Crippen LogP contribution in [0.15, 0.2) is 0 Å². The zero-order valence-corrected chi connectivity index (χ0v) is 5.72. The van der Waals surface area contributed by atoms with Gasteiger partial charge < -0.3 is 4.74 Å². The largest absolute Gasteiger partial charge is 0.460 e. The minimum absolute atomic E-state index is 0.171. The summed E-state index contributed by atoms with van der Waals surface area (Å²) in [7, 11) is 0. The summed E-state index contributed by atoms with van der Waals surface area (Å²) < 4.78 is 15.7. The van der Waals surface area contributed by atoms with Crippen LogP contribution in [-0.4, -0.2) is 25.0 Å². The first-order chi connectivity index (χ1) is 4.72. The molecule has 0 aliphatic heterocycles. The van der Waals surface area contributed by atoms with Gasteiger partial charge >= 0.3 is 5.97 Å². The predicted molar refractivity (Wildman–Crippen MR) is 32.2 cm³/mol. The van der Waals surface area contributed by atoms with Gasteiger partial charge in [0, 0.05) is 0 Å². The Bertz CT molecular complexity index is 133. The third kappa shape index (κ3) is 3.17. The summed E-state index contributed by atoms with van der Waals surface area (Å²) in [5.74, 6) is -2.20. The number of carbonyl (C=O) groups is 2. The van der Waals surface area contributed by atoms with Gasteiger partial charge in [-0.1, -0.05) is 6.92 Å². The molecule has 0 N–H and O–H groups in total. The molecular weight excluding hydrogens is 139 g/mol. The highest BCUT2D eigenvalue weighted by Crippen LogP contribution is 1.84. The van der Waals surface area contributed by atoms with Crippen molar-refractivity contribution < 1.29 is 18.7 Å². The molecule has 3 nitrogen and oxygen atoms in total. The van der Waals surface area contributed by atoms with Crippen molar-refractivity contribution in [1.29, 1.82) is 0 Å². The number of hydrogen-bond acceptors (Lipinski definition) is 3. The molecule has 0 amide bonds. The molecule has 4 heteroatoms. The Kier molecular flexibility index (Phi) is 4.45. The van der Waals surface area contributed by atoms with Crippen LogP contribution in [0.2, 0.25) is 0 Å². The smallest absolute Gasteiger partial charge is 0.377 e. The number of alkyl halides is 1. The van der Waals surface area contributed by atoms with Gasteiger partial charge in [-0.05, 0) is 6.42 Å². The van der Waals surface area contributed by atoms with Crippen LogP contribution in [-0.2, 0) is 14.3 Å². The van der Waals surface area contributed by atoms with Gasteiger partial charge in [-0.2, -0.15) is 0 Å². The second-order valence-electron chi connectivity index (χ2n) is 1.69. The van der Waals surface area contributed by atoms with E-state index in [-0.39, 0.29) is 6.61 Å². The lowest BCUT2D eigenvalue weighted by molar-refractivity contribution is -0.154. The molecule has 0 aromatic rings. The molecule has 0 aromatic carbocycles. The first-order valence-electron chi connectivity index (χ1n) is 2.98. The van der Waals surface area contributed by atoms with Gasteiger partial charge in [-0.15, -0.1) is 0 Å². The van der Waals surface area contributed by atoms with E-state index in [4.69, 9.17) is 0 Å². The van der Waals surface area contributed by atoms with Crippen molar-refractivity contribution in [2.24, 2.45) is 0 Å². The Labute approximate surface area is 58.2 Å². The molecule has 58 valence electrons. The van der Waals surface area contributed by atoms with Crippen LogP contribution in [0.5, 0.6) is 0 Å². The highest BCUT2D eigenvalue weighted by Gasteiger charge is 2.13. The summed E-state index contributed by atoms with van der Waals surface area (Å²) >= 11 is 0. The topological polar surface area (TPSA) is 43.4 Å². The Morgan fingerprint density at radius 3 is 2.50 bits per heavy atom. The highest BCUT2D eigenvalue weighted by atomic mass is 19.1. The SMILES string of the molecule is CCCOC(=O)C(=O)CF. The molecule has 0 bridgehead atoms. The standard InChI is InChI=1S/C6H9FO3/c1-2-3-10-6(9)5(8)4-7/h2-4H2,1H3. The summed E-state index contributed by atoms with van der Waals surface area (Å²) in [6.45, 7) is 0.681. The maximum Gasteiger partial charge on any atom is 0.377 e.